The van der Waals surface area contributed by atoms with Crippen molar-refractivity contribution < 1.29 is 27.6 Å². The molecule has 0 aromatic heterocycles. The SMILES string of the molecule is NC(=O)S(=O)(=O)C[CH]C(=O)N1CCC2C1C(=O)CN2C(=O)c1ccccc1. The summed E-state index contributed by atoms with van der Waals surface area (Å²) in [4.78, 5) is 51.0. The lowest BCUT2D eigenvalue weighted by Crippen LogP contribution is -2.44. The molecule has 1 aromatic rings. The Balaban J connectivity index is 1.71. The van der Waals surface area contributed by atoms with E-state index >= 15 is 0 Å². The number of Topliss-reactive ketones (excluding diaryl/α,β-unsaturated/α-hetero) is 1. The molecule has 1 radical (unpaired) electrons. The highest BCUT2D eigenvalue weighted by Gasteiger charge is 2.51. The van der Waals surface area contributed by atoms with E-state index in [2.05, 4.69) is 0 Å². The number of nitrogens with two attached hydrogens (primary N) is 1. The average molecular weight is 392 g/mol. The lowest BCUT2D eigenvalue weighted by molar-refractivity contribution is -0.133. The van der Waals surface area contributed by atoms with E-state index in [1.165, 1.54) is 9.80 Å². The maximum atomic E-state index is 12.7. The van der Waals surface area contributed by atoms with Crippen molar-refractivity contribution in [1.29, 1.82) is 0 Å². The first kappa shape index (κ1) is 19.0. The summed E-state index contributed by atoms with van der Waals surface area (Å²) in [5.74, 6) is -2.06. The second-order valence-corrected chi connectivity index (χ2v) is 8.37. The predicted octanol–water partition coefficient (Wildman–Crippen LogP) is -0.621. The molecule has 2 aliphatic heterocycles. The topological polar surface area (TPSA) is 135 Å². The van der Waals surface area contributed by atoms with Gasteiger partial charge in [-0.1, -0.05) is 18.2 Å². The van der Waals surface area contributed by atoms with E-state index < -0.39 is 38.8 Å². The number of benzene rings is 1. The summed E-state index contributed by atoms with van der Waals surface area (Å²) in [5.41, 5.74) is 5.21. The molecule has 2 saturated heterocycles. The van der Waals surface area contributed by atoms with Crippen LogP contribution in [0.2, 0.25) is 0 Å². The number of ketones is 1. The highest BCUT2D eigenvalue weighted by molar-refractivity contribution is 8.06. The van der Waals surface area contributed by atoms with Crippen LogP contribution in [0.1, 0.15) is 16.8 Å². The van der Waals surface area contributed by atoms with Gasteiger partial charge in [0, 0.05) is 12.1 Å². The number of hydrogen-bond donors (Lipinski definition) is 1. The molecule has 2 atom stereocenters. The molecule has 27 heavy (non-hydrogen) atoms. The molecule has 0 aliphatic carbocycles. The Morgan fingerprint density at radius 1 is 1.15 bits per heavy atom. The van der Waals surface area contributed by atoms with Gasteiger partial charge >= 0.3 is 5.24 Å². The first-order valence-electron chi connectivity index (χ1n) is 8.27. The monoisotopic (exact) mass is 392 g/mol. The number of sulfone groups is 1. The molecule has 3 amide bonds. The minimum absolute atomic E-state index is 0.105. The summed E-state index contributed by atoms with van der Waals surface area (Å²) < 4.78 is 22.9. The first-order valence-corrected chi connectivity index (χ1v) is 9.92. The summed E-state index contributed by atoms with van der Waals surface area (Å²) >= 11 is 0. The van der Waals surface area contributed by atoms with Gasteiger partial charge in [-0.3, -0.25) is 19.2 Å². The third kappa shape index (κ3) is 3.57. The van der Waals surface area contributed by atoms with Gasteiger partial charge in [0.25, 0.3) is 5.91 Å². The minimum atomic E-state index is -4.23. The molecule has 2 fully saturated rings. The van der Waals surface area contributed by atoms with Gasteiger partial charge in [0.2, 0.25) is 15.7 Å². The average Bonchev–Trinajstić information content (AvgIpc) is 3.21. The molecule has 2 unspecified atom stereocenters. The number of fused-ring (bicyclic) bond motifs is 1. The largest absolute Gasteiger partial charge is 0.356 e. The number of carbonyl (C=O) groups is 4. The van der Waals surface area contributed by atoms with Gasteiger partial charge in [0.1, 0.15) is 6.04 Å². The van der Waals surface area contributed by atoms with Crippen LogP contribution in [-0.4, -0.2) is 72.0 Å². The normalized spacial score (nSPS) is 22.0. The van der Waals surface area contributed by atoms with Gasteiger partial charge in [0.15, 0.2) is 5.78 Å². The van der Waals surface area contributed by atoms with E-state index in [-0.39, 0.29) is 24.8 Å². The number of likely N-dealkylation sites (tertiary alicyclic amines) is 2. The Labute approximate surface area is 156 Å². The fourth-order valence-electron chi connectivity index (χ4n) is 3.47. The fourth-order valence-corrected chi connectivity index (χ4v) is 3.99. The molecule has 0 bridgehead atoms. The Bertz CT molecular complexity index is 899. The van der Waals surface area contributed by atoms with Crippen molar-refractivity contribution in [2.45, 2.75) is 18.5 Å². The second-order valence-electron chi connectivity index (χ2n) is 6.40. The Hall–Kier alpha value is -2.75. The quantitative estimate of drug-likeness (QED) is 0.725. The van der Waals surface area contributed by atoms with Crippen LogP contribution in [0.4, 0.5) is 4.79 Å². The van der Waals surface area contributed by atoms with Gasteiger partial charge in [0.05, 0.1) is 24.8 Å². The summed E-state index contributed by atoms with van der Waals surface area (Å²) in [6.07, 6.45) is 1.24. The molecule has 9 nitrogen and oxygen atoms in total. The lowest BCUT2D eigenvalue weighted by Gasteiger charge is -2.24. The van der Waals surface area contributed by atoms with Gasteiger partial charge in [-0.25, -0.2) is 8.42 Å². The number of amides is 3. The molecule has 10 heteroatoms. The molecule has 0 saturated carbocycles. The van der Waals surface area contributed by atoms with Crippen molar-refractivity contribution in [2.75, 3.05) is 18.8 Å². The van der Waals surface area contributed by atoms with Crippen molar-refractivity contribution in [2.24, 2.45) is 5.73 Å². The maximum Gasteiger partial charge on any atom is 0.333 e. The third-order valence-corrected chi connectivity index (χ3v) is 5.99. The van der Waals surface area contributed by atoms with E-state index in [0.717, 1.165) is 6.42 Å². The van der Waals surface area contributed by atoms with Crippen LogP contribution in [0.3, 0.4) is 0 Å². The smallest absolute Gasteiger partial charge is 0.333 e. The molecule has 1 aromatic carbocycles. The van der Waals surface area contributed by atoms with Crippen molar-refractivity contribution >= 4 is 32.7 Å². The van der Waals surface area contributed by atoms with Gasteiger partial charge in [-0.05, 0) is 18.6 Å². The van der Waals surface area contributed by atoms with Crippen LogP contribution in [-0.2, 0) is 19.4 Å². The Kier molecular flexibility index (Phi) is 5.01. The van der Waals surface area contributed by atoms with Gasteiger partial charge in [-0.2, -0.15) is 0 Å². The van der Waals surface area contributed by atoms with Crippen molar-refractivity contribution in [1.82, 2.24) is 9.80 Å². The Morgan fingerprint density at radius 3 is 2.44 bits per heavy atom. The molecule has 0 spiro atoms. The number of nitrogens with zero attached hydrogens (tertiary/aromatic N) is 2. The lowest BCUT2D eigenvalue weighted by atomic mass is 10.1. The Morgan fingerprint density at radius 2 is 1.81 bits per heavy atom. The third-order valence-electron chi connectivity index (χ3n) is 4.77. The van der Waals surface area contributed by atoms with E-state index in [1.807, 2.05) is 0 Å². The van der Waals surface area contributed by atoms with Crippen molar-refractivity contribution in [3.8, 4) is 0 Å². The summed E-state index contributed by atoms with van der Waals surface area (Å²) in [6, 6.07) is 7.28. The second kappa shape index (κ2) is 7.10. The highest BCUT2D eigenvalue weighted by atomic mass is 32.2. The fraction of sp³-hybridized carbons (Fsp3) is 0.353. The molecule has 2 heterocycles. The standard InChI is InChI=1S/C17H18N3O6S/c18-17(24)27(25,26)9-7-14(22)19-8-6-12-15(19)13(21)10-20(12)16(23)11-4-2-1-3-5-11/h1-5,7,12,15H,6,8-10H2,(H2,18,24). The zero-order valence-electron chi connectivity index (χ0n) is 14.3. The number of primary amides is 1. The molecule has 143 valence electrons. The molecular weight excluding hydrogens is 374 g/mol. The van der Waals surface area contributed by atoms with Crippen LogP contribution in [0.25, 0.3) is 0 Å². The molecule has 2 N–H and O–H groups in total. The first-order chi connectivity index (χ1) is 12.7. The zero-order valence-corrected chi connectivity index (χ0v) is 15.1. The van der Waals surface area contributed by atoms with E-state index in [4.69, 9.17) is 5.73 Å². The van der Waals surface area contributed by atoms with Crippen LogP contribution < -0.4 is 5.73 Å². The summed E-state index contributed by atoms with van der Waals surface area (Å²) in [6.45, 7) is 0.109. The summed E-state index contributed by atoms with van der Waals surface area (Å²) in [5, 5.41) is -1.51. The molecule has 2 aliphatic rings. The minimum Gasteiger partial charge on any atom is -0.356 e. The number of rotatable bonds is 4. The zero-order chi connectivity index (χ0) is 19.8. The van der Waals surface area contributed by atoms with Crippen molar-refractivity contribution in [3.05, 3.63) is 42.3 Å². The van der Waals surface area contributed by atoms with Crippen LogP contribution >= 0.6 is 0 Å². The van der Waals surface area contributed by atoms with Gasteiger partial charge < -0.3 is 15.5 Å². The van der Waals surface area contributed by atoms with E-state index in [1.54, 1.807) is 30.3 Å². The van der Waals surface area contributed by atoms with E-state index in [9.17, 15) is 27.6 Å². The number of carbonyl (C=O) groups excluding carboxylic acids is 4. The van der Waals surface area contributed by atoms with Crippen molar-refractivity contribution in [3.63, 3.8) is 0 Å². The maximum absolute atomic E-state index is 12.7. The predicted molar refractivity (Wildman–Crippen MR) is 94.1 cm³/mol. The summed E-state index contributed by atoms with van der Waals surface area (Å²) in [7, 11) is -4.23. The molecular formula is C17H18N3O6S. The number of hydrogen-bond acceptors (Lipinski definition) is 6. The van der Waals surface area contributed by atoms with E-state index in [0.29, 0.717) is 12.0 Å². The molecule has 3 rings (SSSR count). The van der Waals surface area contributed by atoms with Gasteiger partial charge in [-0.15, -0.1) is 0 Å². The van der Waals surface area contributed by atoms with Crippen LogP contribution in [0.15, 0.2) is 30.3 Å². The highest BCUT2D eigenvalue weighted by Crippen LogP contribution is 2.31. The van der Waals surface area contributed by atoms with Crippen LogP contribution in [0.5, 0.6) is 0 Å². The van der Waals surface area contributed by atoms with Crippen LogP contribution in [0, 0.1) is 6.42 Å².